The summed E-state index contributed by atoms with van der Waals surface area (Å²) in [5.74, 6) is 1.13. The Balaban J connectivity index is 2.13. The van der Waals surface area contributed by atoms with Crippen molar-refractivity contribution < 1.29 is 19.1 Å². The standard InChI is InChI=1S/C17H24N2O4/c1-11(2)9-18-17(21)12-7-16(20)19(10-12)14-6-5-13(22-3)8-15(14)23-4/h5-6,8,11-12H,7,9-10H2,1-4H3,(H,18,21)/t12-/m0/s1. The number of nitrogens with zero attached hydrogens (tertiary/aromatic N) is 1. The second-order valence-corrected chi connectivity index (χ2v) is 6.08. The number of carbonyl (C=O) groups is 2. The maximum Gasteiger partial charge on any atom is 0.227 e. The van der Waals surface area contributed by atoms with Crippen LogP contribution in [0.25, 0.3) is 0 Å². The number of hydrogen-bond acceptors (Lipinski definition) is 4. The Morgan fingerprint density at radius 2 is 2.09 bits per heavy atom. The molecule has 0 saturated carbocycles. The lowest BCUT2D eigenvalue weighted by atomic mass is 10.1. The summed E-state index contributed by atoms with van der Waals surface area (Å²) in [6.07, 6.45) is 0.221. The molecule has 23 heavy (non-hydrogen) atoms. The first-order chi connectivity index (χ1) is 11.0. The first-order valence-electron chi connectivity index (χ1n) is 7.76. The van der Waals surface area contributed by atoms with Crippen LogP contribution in [0, 0.1) is 11.8 Å². The number of anilines is 1. The zero-order valence-electron chi connectivity index (χ0n) is 14.1. The molecule has 1 aliphatic rings. The molecule has 6 heteroatoms. The Labute approximate surface area is 136 Å². The summed E-state index contributed by atoms with van der Waals surface area (Å²) in [5.41, 5.74) is 0.664. The van der Waals surface area contributed by atoms with Crippen LogP contribution in [0.4, 0.5) is 5.69 Å². The van der Waals surface area contributed by atoms with Crippen molar-refractivity contribution in [2.24, 2.45) is 11.8 Å². The van der Waals surface area contributed by atoms with Gasteiger partial charge in [-0.25, -0.2) is 0 Å². The monoisotopic (exact) mass is 320 g/mol. The van der Waals surface area contributed by atoms with Crippen molar-refractivity contribution in [3.63, 3.8) is 0 Å². The minimum atomic E-state index is -0.326. The summed E-state index contributed by atoms with van der Waals surface area (Å²) in [4.78, 5) is 26.1. The number of rotatable bonds is 6. The third-order valence-corrected chi connectivity index (χ3v) is 3.86. The third kappa shape index (κ3) is 3.94. The molecule has 0 bridgehead atoms. The molecule has 1 heterocycles. The average Bonchev–Trinajstić information content (AvgIpc) is 2.93. The molecule has 1 fully saturated rings. The number of ether oxygens (including phenoxy) is 2. The number of benzene rings is 1. The van der Waals surface area contributed by atoms with Crippen molar-refractivity contribution in [3.8, 4) is 11.5 Å². The van der Waals surface area contributed by atoms with E-state index in [-0.39, 0.29) is 24.2 Å². The van der Waals surface area contributed by atoms with Gasteiger partial charge in [0.2, 0.25) is 11.8 Å². The smallest absolute Gasteiger partial charge is 0.227 e. The van der Waals surface area contributed by atoms with Gasteiger partial charge < -0.3 is 19.7 Å². The van der Waals surface area contributed by atoms with Gasteiger partial charge in [-0.15, -0.1) is 0 Å². The van der Waals surface area contributed by atoms with E-state index in [9.17, 15) is 9.59 Å². The Bertz CT molecular complexity index is 586. The lowest BCUT2D eigenvalue weighted by Crippen LogP contribution is -2.35. The molecule has 1 atom stereocenters. The molecule has 1 N–H and O–H groups in total. The fraction of sp³-hybridized carbons (Fsp3) is 0.529. The van der Waals surface area contributed by atoms with Crippen molar-refractivity contribution in [1.82, 2.24) is 5.32 Å². The van der Waals surface area contributed by atoms with Gasteiger partial charge in [-0.1, -0.05) is 13.8 Å². The van der Waals surface area contributed by atoms with Gasteiger partial charge >= 0.3 is 0 Å². The van der Waals surface area contributed by atoms with Gasteiger partial charge in [0.25, 0.3) is 0 Å². The van der Waals surface area contributed by atoms with Crippen LogP contribution in [0.2, 0.25) is 0 Å². The molecule has 6 nitrogen and oxygen atoms in total. The molecule has 2 rings (SSSR count). The van der Waals surface area contributed by atoms with E-state index in [1.165, 1.54) is 0 Å². The molecule has 1 aromatic rings. The third-order valence-electron chi connectivity index (χ3n) is 3.86. The summed E-state index contributed by atoms with van der Waals surface area (Å²) in [5, 5.41) is 2.89. The van der Waals surface area contributed by atoms with E-state index in [0.29, 0.717) is 36.2 Å². The van der Waals surface area contributed by atoms with Gasteiger partial charge in [0.15, 0.2) is 0 Å². The van der Waals surface area contributed by atoms with Gasteiger partial charge in [-0.3, -0.25) is 9.59 Å². The minimum Gasteiger partial charge on any atom is -0.497 e. The predicted octanol–water partition coefficient (Wildman–Crippen LogP) is 1.83. The van der Waals surface area contributed by atoms with Crippen LogP contribution in [0.3, 0.4) is 0 Å². The summed E-state index contributed by atoms with van der Waals surface area (Å²) in [7, 11) is 3.12. The topological polar surface area (TPSA) is 67.9 Å². The predicted molar refractivity (Wildman–Crippen MR) is 87.9 cm³/mol. The summed E-state index contributed by atoms with van der Waals surface area (Å²) in [6.45, 7) is 5.06. The van der Waals surface area contributed by atoms with Crippen LogP contribution in [0.5, 0.6) is 11.5 Å². The normalized spacial score (nSPS) is 17.5. The van der Waals surface area contributed by atoms with E-state index < -0.39 is 0 Å². The number of hydrogen-bond donors (Lipinski definition) is 1. The summed E-state index contributed by atoms with van der Waals surface area (Å²) >= 11 is 0. The highest BCUT2D eigenvalue weighted by Crippen LogP contribution is 2.35. The molecule has 0 aliphatic carbocycles. The Kier molecular flexibility index (Phi) is 5.47. The van der Waals surface area contributed by atoms with E-state index in [2.05, 4.69) is 5.32 Å². The maximum atomic E-state index is 12.3. The van der Waals surface area contributed by atoms with Gasteiger partial charge in [0.1, 0.15) is 11.5 Å². The van der Waals surface area contributed by atoms with Crippen LogP contribution in [0.1, 0.15) is 20.3 Å². The van der Waals surface area contributed by atoms with Crippen LogP contribution in [-0.2, 0) is 9.59 Å². The van der Waals surface area contributed by atoms with Gasteiger partial charge in [-0.2, -0.15) is 0 Å². The SMILES string of the molecule is COc1ccc(N2C[C@@H](C(=O)NCC(C)C)CC2=O)c(OC)c1. The van der Waals surface area contributed by atoms with Crippen molar-refractivity contribution in [1.29, 1.82) is 0 Å². The van der Waals surface area contributed by atoms with E-state index >= 15 is 0 Å². The average molecular weight is 320 g/mol. The largest absolute Gasteiger partial charge is 0.497 e. The summed E-state index contributed by atoms with van der Waals surface area (Å²) in [6, 6.07) is 5.29. The fourth-order valence-electron chi connectivity index (χ4n) is 2.57. The van der Waals surface area contributed by atoms with Gasteiger partial charge in [-0.05, 0) is 18.1 Å². The van der Waals surface area contributed by atoms with Crippen molar-refractivity contribution in [2.75, 3.05) is 32.2 Å². The van der Waals surface area contributed by atoms with Crippen LogP contribution >= 0.6 is 0 Å². The second-order valence-electron chi connectivity index (χ2n) is 6.08. The molecule has 0 aromatic heterocycles. The molecule has 0 spiro atoms. The maximum absolute atomic E-state index is 12.3. The number of carbonyl (C=O) groups excluding carboxylic acids is 2. The molecular weight excluding hydrogens is 296 g/mol. The van der Waals surface area contributed by atoms with Gasteiger partial charge in [0.05, 0.1) is 25.8 Å². The molecule has 1 aliphatic heterocycles. The van der Waals surface area contributed by atoms with Crippen molar-refractivity contribution in [3.05, 3.63) is 18.2 Å². The van der Waals surface area contributed by atoms with E-state index in [0.717, 1.165) is 0 Å². The summed E-state index contributed by atoms with van der Waals surface area (Å²) < 4.78 is 10.5. The van der Waals surface area contributed by atoms with Crippen LogP contribution < -0.4 is 19.7 Å². The highest BCUT2D eigenvalue weighted by Gasteiger charge is 2.36. The van der Waals surface area contributed by atoms with Crippen LogP contribution in [-0.4, -0.2) is 39.1 Å². The zero-order valence-corrected chi connectivity index (χ0v) is 14.1. The highest BCUT2D eigenvalue weighted by atomic mass is 16.5. The molecule has 0 radical (unpaired) electrons. The Morgan fingerprint density at radius 3 is 2.70 bits per heavy atom. The Morgan fingerprint density at radius 1 is 1.35 bits per heavy atom. The van der Waals surface area contributed by atoms with Gasteiger partial charge in [0, 0.05) is 25.6 Å². The molecule has 1 saturated heterocycles. The van der Waals surface area contributed by atoms with E-state index in [1.807, 2.05) is 13.8 Å². The van der Waals surface area contributed by atoms with Crippen molar-refractivity contribution >= 4 is 17.5 Å². The molecule has 1 aromatic carbocycles. The molecule has 2 amide bonds. The number of amides is 2. The van der Waals surface area contributed by atoms with E-state index in [4.69, 9.17) is 9.47 Å². The lowest BCUT2D eigenvalue weighted by molar-refractivity contribution is -0.126. The number of nitrogens with one attached hydrogen (secondary N) is 1. The fourth-order valence-corrected chi connectivity index (χ4v) is 2.57. The Hall–Kier alpha value is -2.24. The quantitative estimate of drug-likeness (QED) is 0.868. The molecule has 0 unspecified atom stereocenters. The minimum absolute atomic E-state index is 0.0676. The second kappa shape index (κ2) is 7.35. The van der Waals surface area contributed by atoms with Crippen LogP contribution in [0.15, 0.2) is 18.2 Å². The number of methoxy groups -OCH3 is 2. The van der Waals surface area contributed by atoms with Crippen molar-refractivity contribution in [2.45, 2.75) is 20.3 Å². The lowest BCUT2D eigenvalue weighted by Gasteiger charge is -2.20. The zero-order chi connectivity index (χ0) is 17.0. The van der Waals surface area contributed by atoms with E-state index in [1.54, 1.807) is 37.3 Å². The molecule has 126 valence electrons. The first-order valence-corrected chi connectivity index (χ1v) is 7.76. The first kappa shape index (κ1) is 17.1. The molecular formula is C17H24N2O4. The highest BCUT2D eigenvalue weighted by molar-refractivity contribution is 6.01.